The summed E-state index contributed by atoms with van der Waals surface area (Å²) in [5.74, 6) is 0. The van der Waals surface area contributed by atoms with Gasteiger partial charge in [-0.3, -0.25) is 4.98 Å². The fourth-order valence-corrected chi connectivity index (χ4v) is 6.34. The number of pyridine rings is 1. The Hall–Kier alpha value is -3.44. The monoisotopic (exact) mass is 494 g/mol. The van der Waals surface area contributed by atoms with Crippen LogP contribution in [0, 0.1) is 48.5 Å². The molecule has 0 spiro atoms. The average Bonchev–Trinajstić information content (AvgIpc) is 3.29. The van der Waals surface area contributed by atoms with Crippen LogP contribution >= 0.6 is 12.2 Å². The van der Waals surface area contributed by atoms with Crippen LogP contribution < -0.4 is 10.2 Å². The number of aryl methyl sites for hydroxylation is 6. The van der Waals surface area contributed by atoms with Crippen LogP contribution in [-0.4, -0.2) is 14.7 Å². The summed E-state index contributed by atoms with van der Waals surface area (Å²) in [4.78, 5) is 7.02. The van der Waals surface area contributed by atoms with Gasteiger partial charge >= 0.3 is 0 Å². The number of nitrogens with zero attached hydrogens (tertiary/aromatic N) is 3. The zero-order chi connectivity index (χ0) is 25.7. The molecule has 4 nitrogen and oxygen atoms in total. The summed E-state index contributed by atoms with van der Waals surface area (Å²) in [5.41, 5.74) is 13.4. The average molecular weight is 495 g/mol. The van der Waals surface area contributed by atoms with Crippen molar-refractivity contribution in [3.05, 3.63) is 111 Å². The maximum absolute atomic E-state index is 5.98. The van der Waals surface area contributed by atoms with Gasteiger partial charge in [0.1, 0.15) is 0 Å². The van der Waals surface area contributed by atoms with Gasteiger partial charge in [-0.15, -0.1) is 0 Å². The van der Waals surface area contributed by atoms with Crippen molar-refractivity contribution >= 4 is 23.0 Å². The third kappa shape index (κ3) is 4.11. The normalized spacial score (nSPS) is 17.5. The molecule has 5 rings (SSSR count). The van der Waals surface area contributed by atoms with Gasteiger partial charge in [-0.2, -0.15) is 0 Å². The summed E-state index contributed by atoms with van der Waals surface area (Å²) in [7, 11) is 0. The van der Waals surface area contributed by atoms with Gasteiger partial charge in [0.25, 0.3) is 0 Å². The van der Waals surface area contributed by atoms with Crippen molar-refractivity contribution < 1.29 is 0 Å². The van der Waals surface area contributed by atoms with E-state index in [0.29, 0.717) is 0 Å². The van der Waals surface area contributed by atoms with Crippen molar-refractivity contribution in [1.29, 1.82) is 0 Å². The lowest BCUT2D eigenvalue weighted by Crippen LogP contribution is -2.29. The molecule has 1 aliphatic rings. The van der Waals surface area contributed by atoms with Crippen molar-refractivity contribution in [2.24, 2.45) is 0 Å². The van der Waals surface area contributed by atoms with Gasteiger partial charge in [0.05, 0.1) is 23.5 Å². The Balaban J connectivity index is 1.73. The van der Waals surface area contributed by atoms with Crippen LogP contribution in [0.2, 0.25) is 0 Å². The molecule has 2 atom stereocenters. The molecule has 0 amide bonds. The Morgan fingerprint density at radius 2 is 1.44 bits per heavy atom. The third-order valence-corrected chi connectivity index (χ3v) is 7.55. The summed E-state index contributed by atoms with van der Waals surface area (Å²) < 4.78 is 2.41. The van der Waals surface area contributed by atoms with Gasteiger partial charge in [0, 0.05) is 23.3 Å². The first-order valence-electron chi connectivity index (χ1n) is 12.5. The summed E-state index contributed by atoms with van der Waals surface area (Å²) in [6.45, 7) is 15.3. The van der Waals surface area contributed by atoms with E-state index in [9.17, 15) is 0 Å². The Labute approximate surface area is 220 Å². The van der Waals surface area contributed by atoms with Crippen LogP contribution in [0.5, 0.6) is 0 Å². The van der Waals surface area contributed by atoms with E-state index in [-0.39, 0.29) is 12.1 Å². The van der Waals surface area contributed by atoms with Crippen LogP contribution in [0.3, 0.4) is 0 Å². The zero-order valence-electron chi connectivity index (χ0n) is 22.2. The van der Waals surface area contributed by atoms with Crippen LogP contribution in [0.1, 0.15) is 62.5 Å². The second-order valence-electron chi connectivity index (χ2n) is 10.3. The van der Waals surface area contributed by atoms with Crippen molar-refractivity contribution in [2.75, 3.05) is 4.90 Å². The molecule has 0 saturated carbocycles. The molecule has 5 heteroatoms. The quantitative estimate of drug-likeness (QED) is 0.304. The molecule has 3 heterocycles. The molecule has 2 aromatic heterocycles. The largest absolute Gasteiger partial charge is 0.351 e. The maximum Gasteiger partial charge on any atom is 0.174 e. The number of aromatic nitrogens is 2. The molecule has 1 saturated heterocycles. The second kappa shape index (κ2) is 9.21. The first-order valence-corrected chi connectivity index (χ1v) is 12.9. The molecule has 1 aliphatic heterocycles. The highest BCUT2D eigenvalue weighted by atomic mass is 32.1. The van der Waals surface area contributed by atoms with Crippen LogP contribution in [-0.2, 0) is 0 Å². The van der Waals surface area contributed by atoms with Gasteiger partial charge in [-0.05, 0) is 119 Å². The number of rotatable bonds is 4. The predicted molar refractivity (Wildman–Crippen MR) is 153 cm³/mol. The third-order valence-electron chi connectivity index (χ3n) is 7.23. The Kier molecular flexibility index (Phi) is 6.21. The molecule has 0 bridgehead atoms. The van der Waals surface area contributed by atoms with Gasteiger partial charge in [0.15, 0.2) is 5.11 Å². The highest BCUT2D eigenvalue weighted by molar-refractivity contribution is 7.80. The van der Waals surface area contributed by atoms with E-state index in [1.54, 1.807) is 0 Å². The topological polar surface area (TPSA) is 33.1 Å². The second-order valence-corrected chi connectivity index (χ2v) is 10.6. The lowest BCUT2D eigenvalue weighted by Gasteiger charge is -2.29. The molecule has 1 fully saturated rings. The smallest absolute Gasteiger partial charge is 0.174 e. The molecule has 184 valence electrons. The standard InChI is InChI=1S/C31H34N4S/c1-18-12-19(2)16-25(15-18)35-30(28(33-31(35)36)27-10-8-9-11-32-27)26-17-23(6)34(24(26)7)29-21(4)13-20(3)14-22(29)5/h8-17,28,30H,1-7H3,(H,33,36)/t28-,30+/m0/s1. The molecule has 0 radical (unpaired) electrons. The van der Waals surface area contributed by atoms with Gasteiger partial charge in [0.2, 0.25) is 0 Å². The molecular weight excluding hydrogens is 460 g/mol. The first-order chi connectivity index (χ1) is 17.2. The minimum absolute atomic E-state index is 0.0281. The van der Waals surface area contributed by atoms with Crippen molar-refractivity contribution in [2.45, 2.75) is 60.5 Å². The number of thiocarbonyl (C=S) groups is 1. The highest BCUT2D eigenvalue weighted by Crippen LogP contribution is 2.44. The van der Waals surface area contributed by atoms with Crippen LogP contribution in [0.25, 0.3) is 5.69 Å². The van der Waals surface area contributed by atoms with Crippen molar-refractivity contribution in [1.82, 2.24) is 14.9 Å². The molecule has 2 aromatic carbocycles. The van der Waals surface area contributed by atoms with E-state index in [0.717, 1.165) is 16.5 Å². The van der Waals surface area contributed by atoms with Gasteiger partial charge < -0.3 is 14.8 Å². The molecule has 36 heavy (non-hydrogen) atoms. The van der Waals surface area contributed by atoms with Gasteiger partial charge in [-0.1, -0.05) is 29.8 Å². The molecule has 4 aromatic rings. The number of hydrogen-bond acceptors (Lipinski definition) is 2. The Bertz CT molecular complexity index is 1420. The fraction of sp³-hybridized carbons (Fsp3) is 0.290. The molecule has 1 N–H and O–H groups in total. The molecule has 0 aliphatic carbocycles. The van der Waals surface area contributed by atoms with Gasteiger partial charge in [-0.25, -0.2) is 0 Å². The Morgan fingerprint density at radius 3 is 2.06 bits per heavy atom. The van der Waals surface area contributed by atoms with E-state index < -0.39 is 0 Å². The zero-order valence-corrected chi connectivity index (χ0v) is 23.0. The van der Waals surface area contributed by atoms with E-state index in [1.807, 2.05) is 18.3 Å². The fourth-order valence-electron chi connectivity index (χ4n) is 5.99. The van der Waals surface area contributed by atoms with Crippen LogP contribution in [0.4, 0.5) is 5.69 Å². The summed E-state index contributed by atoms with van der Waals surface area (Å²) in [6, 6.07) is 19.5. The molecule has 0 unspecified atom stereocenters. The highest BCUT2D eigenvalue weighted by Gasteiger charge is 2.42. The Morgan fingerprint density at radius 1 is 0.806 bits per heavy atom. The number of benzene rings is 2. The van der Waals surface area contributed by atoms with Crippen molar-refractivity contribution in [3.63, 3.8) is 0 Å². The van der Waals surface area contributed by atoms with E-state index in [1.165, 1.54) is 50.5 Å². The van der Waals surface area contributed by atoms with E-state index in [4.69, 9.17) is 17.2 Å². The number of hydrogen-bond donors (Lipinski definition) is 1. The van der Waals surface area contributed by atoms with E-state index in [2.05, 4.69) is 106 Å². The maximum atomic E-state index is 5.98. The SMILES string of the molecule is Cc1cc(C)cc(N2C(=S)N[C@@H](c3ccccn3)[C@H]2c2cc(C)n(-c3c(C)cc(C)cc3C)c2C)c1. The van der Waals surface area contributed by atoms with E-state index >= 15 is 0 Å². The first kappa shape index (κ1) is 24.3. The predicted octanol–water partition coefficient (Wildman–Crippen LogP) is 7.21. The summed E-state index contributed by atoms with van der Waals surface area (Å²) >= 11 is 5.98. The summed E-state index contributed by atoms with van der Waals surface area (Å²) in [5, 5.41) is 4.35. The summed E-state index contributed by atoms with van der Waals surface area (Å²) in [6.07, 6.45) is 1.86. The van der Waals surface area contributed by atoms with Crippen LogP contribution in [0.15, 0.2) is 60.8 Å². The molecular formula is C31H34N4S. The number of anilines is 1. The minimum Gasteiger partial charge on any atom is -0.351 e. The number of nitrogens with one attached hydrogen (secondary N) is 1. The lowest BCUT2D eigenvalue weighted by atomic mass is 9.96. The lowest BCUT2D eigenvalue weighted by molar-refractivity contribution is 0.565. The van der Waals surface area contributed by atoms with Crippen molar-refractivity contribution in [3.8, 4) is 5.69 Å². The minimum atomic E-state index is -0.0614.